The number of ether oxygens (including phenoxy) is 1. The molecule has 152 valence electrons. The van der Waals surface area contributed by atoms with Crippen LogP contribution in [0.5, 0.6) is 0 Å². The number of imidazole rings is 1. The first-order chi connectivity index (χ1) is 14.2. The highest BCUT2D eigenvalue weighted by Gasteiger charge is 2.21. The van der Waals surface area contributed by atoms with Crippen LogP contribution in [0.3, 0.4) is 0 Å². The summed E-state index contributed by atoms with van der Waals surface area (Å²) in [6.07, 6.45) is 2.11. The lowest BCUT2D eigenvalue weighted by atomic mass is 10.1. The predicted octanol–water partition coefficient (Wildman–Crippen LogP) is 4.51. The summed E-state index contributed by atoms with van der Waals surface area (Å²) >= 11 is 0. The Labute approximate surface area is 171 Å². The molecule has 4 rings (SSSR count). The molecule has 0 aliphatic carbocycles. The molecule has 1 fully saturated rings. The van der Waals surface area contributed by atoms with Gasteiger partial charge in [0.1, 0.15) is 11.9 Å². The van der Waals surface area contributed by atoms with E-state index in [-0.39, 0.29) is 12.0 Å². The normalized spacial score (nSPS) is 16.6. The van der Waals surface area contributed by atoms with Crippen molar-refractivity contribution < 1.29 is 9.53 Å². The van der Waals surface area contributed by atoms with Crippen molar-refractivity contribution in [3.63, 3.8) is 0 Å². The van der Waals surface area contributed by atoms with E-state index in [1.807, 2.05) is 42.5 Å². The Morgan fingerprint density at radius 2 is 2.00 bits per heavy atom. The van der Waals surface area contributed by atoms with E-state index < -0.39 is 0 Å². The fourth-order valence-electron chi connectivity index (χ4n) is 3.72. The molecule has 1 unspecified atom stereocenters. The number of aromatic amines is 1. The van der Waals surface area contributed by atoms with Crippen molar-refractivity contribution >= 4 is 22.6 Å². The van der Waals surface area contributed by atoms with E-state index in [0.717, 1.165) is 61.6 Å². The fraction of sp³-hybridized carbons (Fsp3) is 0.391. The predicted molar refractivity (Wildman–Crippen MR) is 115 cm³/mol. The number of nitrogens with one attached hydrogen (secondary N) is 2. The van der Waals surface area contributed by atoms with E-state index in [1.165, 1.54) is 5.56 Å². The number of H-pyrrole nitrogens is 1. The van der Waals surface area contributed by atoms with E-state index in [9.17, 15) is 4.79 Å². The molecule has 1 atom stereocenters. The molecular formula is C23H28N4O2. The molecule has 3 aromatic rings. The second kappa shape index (κ2) is 8.76. The summed E-state index contributed by atoms with van der Waals surface area (Å²) in [6, 6.07) is 13.6. The lowest BCUT2D eigenvalue weighted by molar-refractivity contribution is 0.102. The number of rotatable bonds is 7. The van der Waals surface area contributed by atoms with E-state index in [4.69, 9.17) is 4.74 Å². The maximum Gasteiger partial charge on any atom is 0.255 e. The third-order valence-corrected chi connectivity index (χ3v) is 5.51. The number of amides is 1. The number of aromatic nitrogens is 2. The average molecular weight is 393 g/mol. The molecule has 1 amide bonds. The van der Waals surface area contributed by atoms with Gasteiger partial charge in [0.05, 0.1) is 11.0 Å². The Bertz CT molecular complexity index is 970. The number of nitrogens with zero attached hydrogens (tertiary/aromatic N) is 2. The molecule has 0 radical (unpaired) electrons. The van der Waals surface area contributed by atoms with Crippen LogP contribution < -0.4 is 5.32 Å². The van der Waals surface area contributed by atoms with Crippen LogP contribution in [-0.4, -0.2) is 40.5 Å². The van der Waals surface area contributed by atoms with E-state index in [2.05, 4.69) is 34.0 Å². The average Bonchev–Trinajstić information content (AvgIpc) is 3.41. The minimum Gasteiger partial charge on any atom is -0.370 e. The fourth-order valence-corrected chi connectivity index (χ4v) is 3.72. The van der Waals surface area contributed by atoms with Gasteiger partial charge in [0.2, 0.25) is 0 Å². The van der Waals surface area contributed by atoms with Crippen LogP contribution in [0.2, 0.25) is 0 Å². The Morgan fingerprint density at radius 1 is 1.21 bits per heavy atom. The van der Waals surface area contributed by atoms with Gasteiger partial charge in [-0.3, -0.25) is 9.69 Å². The third kappa shape index (κ3) is 4.49. The van der Waals surface area contributed by atoms with Crippen LogP contribution >= 0.6 is 0 Å². The van der Waals surface area contributed by atoms with Crippen molar-refractivity contribution in [1.29, 1.82) is 0 Å². The summed E-state index contributed by atoms with van der Waals surface area (Å²) in [5.74, 6) is 0.752. The van der Waals surface area contributed by atoms with Crippen LogP contribution in [0.25, 0.3) is 11.0 Å². The highest BCUT2D eigenvalue weighted by atomic mass is 16.5. The highest BCUT2D eigenvalue weighted by molar-refractivity contribution is 6.05. The number of anilines is 1. The van der Waals surface area contributed by atoms with Gasteiger partial charge in [0.15, 0.2) is 0 Å². The largest absolute Gasteiger partial charge is 0.370 e. The van der Waals surface area contributed by atoms with Crippen molar-refractivity contribution in [3.05, 3.63) is 59.4 Å². The van der Waals surface area contributed by atoms with E-state index in [0.29, 0.717) is 5.56 Å². The maximum absolute atomic E-state index is 12.6. The molecule has 1 aliphatic heterocycles. The lowest BCUT2D eigenvalue weighted by Crippen LogP contribution is -2.22. The molecule has 2 aromatic carbocycles. The Hall–Kier alpha value is -2.70. The van der Waals surface area contributed by atoms with Gasteiger partial charge in [0, 0.05) is 24.4 Å². The molecule has 1 aromatic heterocycles. The second-order valence-electron chi connectivity index (χ2n) is 7.47. The van der Waals surface area contributed by atoms with Gasteiger partial charge in [0.25, 0.3) is 5.91 Å². The zero-order chi connectivity index (χ0) is 20.2. The van der Waals surface area contributed by atoms with E-state index >= 15 is 0 Å². The zero-order valence-corrected chi connectivity index (χ0v) is 17.1. The van der Waals surface area contributed by atoms with Gasteiger partial charge in [-0.15, -0.1) is 0 Å². The monoisotopic (exact) mass is 392 g/mol. The number of fused-ring (bicyclic) bond motifs is 1. The summed E-state index contributed by atoms with van der Waals surface area (Å²) in [6.45, 7) is 8.04. The zero-order valence-electron chi connectivity index (χ0n) is 17.1. The number of benzene rings is 2. The number of carbonyl (C=O) groups excluding carboxylic acids is 1. The Kier molecular flexibility index (Phi) is 5.92. The minimum absolute atomic E-state index is 0.0512. The molecular weight excluding hydrogens is 364 g/mol. The second-order valence-corrected chi connectivity index (χ2v) is 7.47. The van der Waals surface area contributed by atoms with E-state index in [1.54, 1.807) is 0 Å². The van der Waals surface area contributed by atoms with Crippen molar-refractivity contribution in [2.45, 2.75) is 39.3 Å². The van der Waals surface area contributed by atoms with Gasteiger partial charge < -0.3 is 15.0 Å². The van der Waals surface area contributed by atoms with Crippen molar-refractivity contribution in [1.82, 2.24) is 14.9 Å². The molecule has 2 N–H and O–H groups in total. The molecule has 6 heteroatoms. The topological polar surface area (TPSA) is 70.2 Å². The minimum atomic E-state index is -0.113. The summed E-state index contributed by atoms with van der Waals surface area (Å²) in [4.78, 5) is 22.9. The smallest absolute Gasteiger partial charge is 0.255 e. The Morgan fingerprint density at radius 3 is 2.69 bits per heavy atom. The Balaban J connectivity index is 1.44. The van der Waals surface area contributed by atoms with Gasteiger partial charge in [-0.05, 0) is 61.8 Å². The molecule has 2 heterocycles. The van der Waals surface area contributed by atoms with Crippen molar-refractivity contribution in [2.24, 2.45) is 0 Å². The molecule has 1 saturated heterocycles. The number of hydrogen-bond donors (Lipinski definition) is 2. The summed E-state index contributed by atoms with van der Waals surface area (Å²) in [5.41, 5.74) is 4.40. The molecule has 1 aliphatic rings. The first-order valence-corrected chi connectivity index (χ1v) is 10.4. The first kappa shape index (κ1) is 19.6. The van der Waals surface area contributed by atoms with Crippen molar-refractivity contribution in [2.75, 3.05) is 25.0 Å². The van der Waals surface area contributed by atoms with Crippen LogP contribution in [0.4, 0.5) is 5.69 Å². The summed E-state index contributed by atoms with van der Waals surface area (Å²) in [7, 11) is 0. The SMILES string of the molecule is CCN(CC)Cc1ccc(C(=O)Nc2ccc3nc(C4CCCO4)[nH]c3c2)cc1. The van der Waals surface area contributed by atoms with Crippen LogP contribution in [0.15, 0.2) is 42.5 Å². The number of carbonyl (C=O) groups is 1. The number of hydrogen-bond acceptors (Lipinski definition) is 4. The maximum atomic E-state index is 12.6. The van der Waals surface area contributed by atoms with Gasteiger partial charge in [-0.25, -0.2) is 4.98 Å². The molecule has 29 heavy (non-hydrogen) atoms. The van der Waals surface area contributed by atoms with Crippen LogP contribution in [0, 0.1) is 0 Å². The molecule has 0 saturated carbocycles. The van der Waals surface area contributed by atoms with Gasteiger partial charge >= 0.3 is 0 Å². The lowest BCUT2D eigenvalue weighted by Gasteiger charge is -2.18. The van der Waals surface area contributed by atoms with Gasteiger partial charge in [-0.2, -0.15) is 0 Å². The van der Waals surface area contributed by atoms with Crippen LogP contribution in [0.1, 0.15) is 54.5 Å². The first-order valence-electron chi connectivity index (χ1n) is 10.4. The quantitative estimate of drug-likeness (QED) is 0.621. The summed E-state index contributed by atoms with van der Waals surface area (Å²) < 4.78 is 5.70. The third-order valence-electron chi connectivity index (χ3n) is 5.51. The summed E-state index contributed by atoms with van der Waals surface area (Å²) in [5, 5.41) is 2.98. The molecule has 0 bridgehead atoms. The standard InChI is InChI=1S/C23H28N4O2/c1-3-27(4-2)15-16-7-9-17(10-8-16)23(28)24-18-11-12-19-20(14-18)26-22(25-19)21-6-5-13-29-21/h7-12,14,21H,3-6,13,15H2,1-2H3,(H,24,28)(H,25,26). The van der Waals surface area contributed by atoms with Crippen LogP contribution in [-0.2, 0) is 11.3 Å². The molecule has 6 nitrogen and oxygen atoms in total. The van der Waals surface area contributed by atoms with Gasteiger partial charge in [-0.1, -0.05) is 26.0 Å². The molecule has 0 spiro atoms. The van der Waals surface area contributed by atoms with Crippen molar-refractivity contribution in [3.8, 4) is 0 Å². The highest BCUT2D eigenvalue weighted by Crippen LogP contribution is 2.28.